The summed E-state index contributed by atoms with van der Waals surface area (Å²) in [6.07, 6.45) is 6.17. The van der Waals surface area contributed by atoms with Crippen LogP contribution in [0.3, 0.4) is 0 Å². The average Bonchev–Trinajstić information content (AvgIpc) is 2.74. The molecular formula is C24H25BrN2O3. The number of benzene rings is 2. The third-order valence-electron chi connectivity index (χ3n) is 5.78. The zero-order valence-electron chi connectivity index (χ0n) is 16.9. The Labute approximate surface area is 185 Å². The quantitative estimate of drug-likeness (QED) is 0.648. The summed E-state index contributed by atoms with van der Waals surface area (Å²) in [6, 6.07) is 15.1. The molecule has 4 rings (SSSR count). The molecule has 2 atom stereocenters. The Balaban J connectivity index is 1.58. The Bertz CT molecular complexity index is 988. The number of para-hydroxylation sites is 2. The number of hydrogen-bond acceptors (Lipinski definition) is 3. The Kier molecular flexibility index (Phi) is 6.23. The number of carbonyl (C=O) groups is 2. The van der Waals surface area contributed by atoms with Gasteiger partial charge in [0, 0.05) is 10.5 Å². The SMILES string of the molecule is C[C@H]1CCCC[C@H]1NC(=O)CN1C(=O)/C(=C\c2ccccc2Br)Oc2ccccc21. The second-order valence-corrected chi connectivity index (χ2v) is 8.78. The molecule has 0 bridgehead atoms. The first-order chi connectivity index (χ1) is 14.5. The van der Waals surface area contributed by atoms with Crippen LogP contribution in [0.2, 0.25) is 0 Å². The normalized spacial score (nSPS) is 22.4. The number of fused-ring (bicyclic) bond motifs is 1. The highest BCUT2D eigenvalue weighted by atomic mass is 79.9. The molecule has 2 aromatic carbocycles. The van der Waals surface area contributed by atoms with Gasteiger partial charge in [0.1, 0.15) is 6.54 Å². The van der Waals surface area contributed by atoms with Crippen molar-refractivity contribution in [1.82, 2.24) is 5.32 Å². The van der Waals surface area contributed by atoms with Crippen LogP contribution in [-0.2, 0) is 9.59 Å². The number of rotatable bonds is 4. The minimum Gasteiger partial charge on any atom is -0.449 e. The number of amides is 2. The lowest BCUT2D eigenvalue weighted by molar-refractivity contribution is -0.124. The molecule has 5 nitrogen and oxygen atoms in total. The molecule has 1 aliphatic carbocycles. The summed E-state index contributed by atoms with van der Waals surface area (Å²) in [4.78, 5) is 27.6. The number of ether oxygens (including phenoxy) is 1. The third-order valence-corrected chi connectivity index (χ3v) is 6.51. The van der Waals surface area contributed by atoms with Crippen LogP contribution in [0, 0.1) is 5.92 Å². The fourth-order valence-corrected chi connectivity index (χ4v) is 4.48. The summed E-state index contributed by atoms with van der Waals surface area (Å²) >= 11 is 3.50. The summed E-state index contributed by atoms with van der Waals surface area (Å²) in [5, 5.41) is 3.14. The maximum atomic E-state index is 13.2. The van der Waals surface area contributed by atoms with Crippen LogP contribution in [0.15, 0.2) is 58.8 Å². The van der Waals surface area contributed by atoms with Crippen LogP contribution in [-0.4, -0.2) is 24.4 Å². The van der Waals surface area contributed by atoms with E-state index in [2.05, 4.69) is 28.2 Å². The molecule has 2 amide bonds. The van der Waals surface area contributed by atoms with Crippen molar-refractivity contribution in [2.24, 2.45) is 5.92 Å². The van der Waals surface area contributed by atoms with Gasteiger partial charge in [-0.2, -0.15) is 0 Å². The summed E-state index contributed by atoms with van der Waals surface area (Å²) in [6.45, 7) is 2.15. The molecule has 0 spiro atoms. The van der Waals surface area contributed by atoms with Gasteiger partial charge in [0.2, 0.25) is 5.91 Å². The molecule has 2 aromatic rings. The molecule has 2 aliphatic rings. The lowest BCUT2D eigenvalue weighted by atomic mass is 9.86. The van der Waals surface area contributed by atoms with E-state index in [4.69, 9.17) is 4.74 Å². The van der Waals surface area contributed by atoms with Crippen LogP contribution in [0.5, 0.6) is 5.75 Å². The smallest absolute Gasteiger partial charge is 0.294 e. The van der Waals surface area contributed by atoms with Crippen LogP contribution >= 0.6 is 15.9 Å². The van der Waals surface area contributed by atoms with Crippen molar-refractivity contribution in [3.8, 4) is 5.75 Å². The topological polar surface area (TPSA) is 58.6 Å². The number of halogens is 1. The molecule has 1 saturated carbocycles. The zero-order chi connectivity index (χ0) is 21.1. The molecular weight excluding hydrogens is 444 g/mol. The molecule has 6 heteroatoms. The number of anilines is 1. The Morgan fingerprint density at radius 3 is 2.70 bits per heavy atom. The highest BCUT2D eigenvalue weighted by Gasteiger charge is 2.32. The Hall–Kier alpha value is -2.60. The largest absolute Gasteiger partial charge is 0.449 e. The van der Waals surface area contributed by atoms with Gasteiger partial charge in [0.05, 0.1) is 5.69 Å². The lowest BCUT2D eigenvalue weighted by Crippen LogP contribution is -2.48. The molecule has 0 unspecified atom stereocenters. The molecule has 1 heterocycles. The molecule has 0 saturated heterocycles. The van der Waals surface area contributed by atoms with Crippen molar-refractivity contribution in [2.75, 3.05) is 11.4 Å². The average molecular weight is 469 g/mol. The van der Waals surface area contributed by atoms with E-state index in [1.54, 1.807) is 12.1 Å². The van der Waals surface area contributed by atoms with Crippen LogP contribution in [0.25, 0.3) is 6.08 Å². The van der Waals surface area contributed by atoms with Crippen LogP contribution in [0.1, 0.15) is 38.2 Å². The first-order valence-electron chi connectivity index (χ1n) is 10.4. The van der Waals surface area contributed by atoms with Crippen LogP contribution in [0.4, 0.5) is 5.69 Å². The number of carbonyl (C=O) groups excluding carboxylic acids is 2. The first kappa shape index (κ1) is 20.7. The van der Waals surface area contributed by atoms with Gasteiger partial charge in [-0.3, -0.25) is 14.5 Å². The number of nitrogens with zero attached hydrogens (tertiary/aromatic N) is 1. The van der Waals surface area contributed by atoms with E-state index in [1.807, 2.05) is 42.5 Å². The van der Waals surface area contributed by atoms with Gasteiger partial charge in [0.25, 0.3) is 5.91 Å². The monoisotopic (exact) mass is 468 g/mol. The van der Waals surface area contributed by atoms with Gasteiger partial charge in [-0.15, -0.1) is 0 Å². The van der Waals surface area contributed by atoms with Gasteiger partial charge >= 0.3 is 0 Å². The second-order valence-electron chi connectivity index (χ2n) is 7.93. The molecule has 1 N–H and O–H groups in total. The highest BCUT2D eigenvalue weighted by molar-refractivity contribution is 9.10. The standard InChI is InChI=1S/C24H25BrN2O3/c1-16-8-2-5-11-19(16)26-23(28)15-27-20-12-6-7-13-21(20)30-22(24(27)29)14-17-9-3-4-10-18(17)25/h3-4,6-7,9-10,12-14,16,19H,2,5,8,11,15H2,1H3,(H,26,28)/b22-14+/t16-,19+/m0/s1. The molecule has 156 valence electrons. The molecule has 1 fully saturated rings. The summed E-state index contributed by atoms with van der Waals surface area (Å²) in [7, 11) is 0. The molecule has 30 heavy (non-hydrogen) atoms. The van der Waals surface area contributed by atoms with E-state index in [0.717, 1.165) is 29.3 Å². The van der Waals surface area contributed by atoms with Crippen molar-refractivity contribution in [3.05, 3.63) is 64.3 Å². The Morgan fingerprint density at radius 1 is 1.17 bits per heavy atom. The van der Waals surface area contributed by atoms with Gasteiger partial charge in [-0.25, -0.2) is 0 Å². The molecule has 0 radical (unpaired) electrons. The fourth-order valence-electron chi connectivity index (χ4n) is 4.08. The van der Waals surface area contributed by atoms with Gasteiger partial charge in [-0.05, 0) is 48.6 Å². The minimum atomic E-state index is -0.323. The van der Waals surface area contributed by atoms with Crippen LogP contribution < -0.4 is 15.0 Å². The van der Waals surface area contributed by atoms with Crippen molar-refractivity contribution in [3.63, 3.8) is 0 Å². The fraction of sp³-hybridized carbons (Fsp3) is 0.333. The van der Waals surface area contributed by atoms with Crippen molar-refractivity contribution < 1.29 is 14.3 Å². The van der Waals surface area contributed by atoms with Crippen molar-refractivity contribution in [2.45, 2.75) is 38.6 Å². The van der Waals surface area contributed by atoms with Gasteiger partial charge in [0.15, 0.2) is 11.5 Å². The maximum Gasteiger partial charge on any atom is 0.294 e. The van der Waals surface area contributed by atoms with E-state index in [0.29, 0.717) is 17.4 Å². The zero-order valence-corrected chi connectivity index (χ0v) is 18.5. The lowest BCUT2D eigenvalue weighted by Gasteiger charge is -2.32. The van der Waals surface area contributed by atoms with Crippen molar-refractivity contribution >= 4 is 39.5 Å². The van der Waals surface area contributed by atoms with E-state index >= 15 is 0 Å². The van der Waals surface area contributed by atoms with E-state index < -0.39 is 0 Å². The van der Waals surface area contributed by atoms with E-state index in [1.165, 1.54) is 11.3 Å². The van der Waals surface area contributed by atoms with E-state index in [-0.39, 0.29) is 30.2 Å². The van der Waals surface area contributed by atoms with Gasteiger partial charge < -0.3 is 10.1 Å². The van der Waals surface area contributed by atoms with Crippen molar-refractivity contribution in [1.29, 1.82) is 0 Å². The number of hydrogen-bond donors (Lipinski definition) is 1. The predicted molar refractivity (Wildman–Crippen MR) is 121 cm³/mol. The summed E-state index contributed by atoms with van der Waals surface area (Å²) in [5.74, 6) is 0.755. The predicted octanol–water partition coefficient (Wildman–Crippen LogP) is 4.91. The minimum absolute atomic E-state index is 0.0320. The summed E-state index contributed by atoms with van der Waals surface area (Å²) < 4.78 is 6.76. The maximum absolute atomic E-state index is 13.2. The Morgan fingerprint density at radius 2 is 1.90 bits per heavy atom. The molecule has 1 aliphatic heterocycles. The first-order valence-corrected chi connectivity index (χ1v) is 11.2. The molecule has 0 aromatic heterocycles. The highest BCUT2D eigenvalue weighted by Crippen LogP contribution is 2.36. The number of nitrogens with one attached hydrogen (secondary N) is 1. The third kappa shape index (κ3) is 4.43. The summed E-state index contributed by atoms with van der Waals surface area (Å²) in [5.41, 5.74) is 1.44. The van der Waals surface area contributed by atoms with E-state index in [9.17, 15) is 9.59 Å². The van der Waals surface area contributed by atoms with Gasteiger partial charge in [-0.1, -0.05) is 66.0 Å². The second kappa shape index (κ2) is 9.04.